The average molecular weight is 282 g/mol. The molecule has 3 nitrogen and oxygen atoms in total. The standard InChI is InChI=1S/C15H20F2N2O/c1-2-3-4-5-8-19-14(20)10-18-15(19)11-6-7-12(16)13(17)9-11/h6-7,9,15,18H,2-5,8,10H2,1H3. The molecule has 1 saturated heterocycles. The normalized spacial score (nSPS) is 18.9. The molecule has 0 saturated carbocycles. The van der Waals surface area contributed by atoms with E-state index in [4.69, 9.17) is 0 Å². The zero-order valence-corrected chi connectivity index (χ0v) is 11.7. The van der Waals surface area contributed by atoms with E-state index in [0.29, 0.717) is 12.1 Å². The molecule has 20 heavy (non-hydrogen) atoms. The zero-order valence-electron chi connectivity index (χ0n) is 11.7. The molecule has 2 rings (SSSR count). The summed E-state index contributed by atoms with van der Waals surface area (Å²) in [5.74, 6) is -1.74. The van der Waals surface area contributed by atoms with Crippen LogP contribution >= 0.6 is 0 Å². The first kappa shape index (κ1) is 14.9. The van der Waals surface area contributed by atoms with Gasteiger partial charge < -0.3 is 4.90 Å². The summed E-state index contributed by atoms with van der Waals surface area (Å²) in [5, 5.41) is 3.05. The smallest absolute Gasteiger partial charge is 0.238 e. The monoisotopic (exact) mass is 282 g/mol. The van der Waals surface area contributed by atoms with Crippen LogP contribution in [0.2, 0.25) is 0 Å². The number of amides is 1. The van der Waals surface area contributed by atoms with Crippen LogP contribution in [0, 0.1) is 11.6 Å². The first-order valence-electron chi connectivity index (χ1n) is 7.11. The van der Waals surface area contributed by atoms with E-state index in [1.165, 1.54) is 6.07 Å². The Bertz CT molecular complexity index is 479. The van der Waals surface area contributed by atoms with Crippen LogP contribution in [0.15, 0.2) is 18.2 Å². The lowest BCUT2D eigenvalue weighted by Gasteiger charge is -2.24. The summed E-state index contributed by atoms with van der Waals surface area (Å²) in [4.78, 5) is 13.6. The minimum absolute atomic E-state index is 0.0104. The molecule has 5 heteroatoms. The second kappa shape index (κ2) is 6.79. The van der Waals surface area contributed by atoms with Crippen molar-refractivity contribution in [2.24, 2.45) is 0 Å². The van der Waals surface area contributed by atoms with Gasteiger partial charge in [0.25, 0.3) is 0 Å². The predicted octanol–water partition coefficient (Wildman–Crippen LogP) is 2.98. The SMILES string of the molecule is CCCCCCN1C(=O)CNC1c1ccc(F)c(F)c1. The molecule has 1 atom stereocenters. The number of halogens is 2. The second-order valence-electron chi connectivity index (χ2n) is 5.10. The number of nitrogens with zero attached hydrogens (tertiary/aromatic N) is 1. The molecule has 1 aromatic rings. The Morgan fingerprint density at radius 3 is 2.75 bits per heavy atom. The van der Waals surface area contributed by atoms with Gasteiger partial charge in [-0.1, -0.05) is 32.3 Å². The van der Waals surface area contributed by atoms with Crippen molar-refractivity contribution in [1.29, 1.82) is 0 Å². The van der Waals surface area contributed by atoms with Crippen molar-refractivity contribution >= 4 is 5.91 Å². The maximum absolute atomic E-state index is 13.3. The van der Waals surface area contributed by atoms with Gasteiger partial charge in [0.15, 0.2) is 11.6 Å². The maximum Gasteiger partial charge on any atom is 0.238 e. The van der Waals surface area contributed by atoms with Crippen molar-refractivity contribution in [3.63, 3.8) is 0 Å². The Morgan fingerprint density at radius 1 is 1.25 bits per heavy atom. The molecule has 1 fully saturated rings. The summed E-state index contributed by atoms with van der Waals surface area (Å²) in [6.07, 6.45) is 3.94. The van der Waals surface area contributed by atoms with Crippen molar-refractivity contribution in [2.45, 2.75) is 38.8 Å². The molecule has 1 aliphatic heterocycles. The van der Waals surface area contributed by atoms with Crippen molar-refractivity contribution in [3.8, 4) is 0 Å². The van der Waals surface area contributed by atoms with E-state index in [0.717, 1.165) is 37.8 Å². The van der Waals surface area contributed by atoms with Crippen LogP contribution in [-0.4, -0.2) is 23.9 Å². The fourth-order valence-corrected chi connectivity index (χ4v) is 2.48. The summed E-state index contributed by atoms with van der Waals surface area (Å²) in [7, 11) is 0. The molecule has 1 N–H and O–H groups in total. The minimum atomic E-state index is -0.880. The Kier molecular flexibility index (Phi) is 5.06. The van der Waals surface area contributed by atoms with E-state index in [-0.39, 0.29) is 18.6 Å². The van der Waals surface area contributed by atoms with Gasteiger partial charge in [-0.05, 0) is 24.1 Å². The van der Waals surface area contributed by atoms with Gasteiger partial charge in [-0.15, -0.1) is 0 Å². The summed E-state index contributed by atoms with van der Waals surface area (Å²) in [6, 6.07) is 3.78. The van der Waals surface area contributed by atoms with Crippen LogP contribution in [0.25, 0.3) is 0 Å². The molecule has 1 aliphatic rings. The lowest BCUT2D eigenvalue weighted by molar-refractivity contribution is -0.128. The third-order valence-corrected chi connectivity index (χ3v) is 3.59. The van der Waals surface area contributed by atoms with Gasteiger partial charge in [-0.3, -0.25) is 10.1 Å². The van der Waals surface area contributed by atoms with Crippen molar-refractivity contribution in [3.05, 3.63) is 35.4 Å². The molecule has 0 radical (unpaired) electrons. The van der Waals surface area contributed by atoms with Crippen LogP contribution in [0.5, 0.6) is 0 Å². The van der Waals surface area contributed by atoms with E-state index >= 15 is 0 Å². The number of benzene rings is 1. The molecular formula is C15H20F2N2O. The van der Waals surface area contributed by atoms with Crippen LogP contribution in [0.1, 0.15) is 44.3 Å². The highest BCUT2D eigenvalue weighted by Gasteiger charge is 2.31. The second-order valence-corrected chi connectivity index (χ2v) is 5.10. The Morgan fingerprint density at radius 2 is 2.05 bits per heavy atom. The summed E-state index contributed by atoms with van der Waals surface area (Å²) in [5.41, 5.74) is 0.588. The van der Waals surface area contributed by atoms with Gasteiger partial charge in [0.05, 0.1) is 6.54 Å². The Hall–Kier alpha value is -1.49. The first-order valence-corrected chi connectivity index (χ1v) is 7.11. The summed E-state index contributed by atoms with van der Waals surface area (Å²) < 4.78 is 26.3. The molecule has 110 valence electrons. The van der Waals surface area contributed by atoms with Crippen LogP contribution in [-0.2, 0) is 4.79 Å². The average Bonchev–Trinajstić information content (AvgIpc) is 2.79. The van der Waals surface area contributed by atoms with E-state index in [9.17, 15) is 13.6 Å². The molecule has 0 spiro atoms. The minimum Gasteiger partial charge on any atom is -0.322 e. The Balaban J connectivity index is 2.05. The van der Waals surface area contributed by atoms with Crippen molar-refractivity contribution < 1.29 is 13.6 Å². The van der Waals surface area contributed by atoms with Crippen molar-refractivity contribution in [1.82, 2.24) is 10.2 Å². The topological polar surface area (TPSA) is 32.3 Å². The number of carbonyl (C=O) groups excluding carboxylic acids is 1. The number of rotatable bonds is 6. The Labute approximate surface area is 118 Å². The number of nitrogens with one attached hydrogen (secondary N) is 1. The van der Waals surface area contributed by atoms with E-state index < -0.39 is 11.6 Å². The van der Waals surface area contributed by atoms with Gasteiger partial charge in [0, 0.05) is 6.54 Å². The van der Waals surface area contributed by atoms with Crippen LogP contribution < -0.4 is 5.32 Å². The molecule has 1 aromatic carbocycles. The van der Waals surface area contributed by atoms with Crippen molar-refractivity contribution in [2.75, 3.05) is 13.1 Å². The highest BCUT2D eigenvalue weighted by atomic mass is 19.2. The van der Waals surface area contributed by atoms with Gasteiger partial charge >= 0.3 is 0 Å². The third kappa shape index (κ3) is 3.33. The van der Waals surface area contributed by atoms with Gasteiger partial charge in [-0.2, -0.15) is 0 Å². The van der Waals surface area contributed by atoms with E-state index in [1.54, 1.807) is 4.90 Å². The van der Waals surface area contributed by atoms with Gasteiger partial charge in [0.1, 0.15) is 6.17 Å². The fraction of sp³-hybridized carbons (Fsp3) is 0.533. The lowest BCUT2D eigenvalue weighted by Crippen LogP contribution is -2.31. The van der Waals surface area contributed by atoms with Crippen LogP contribution in [0.3, 0.4) is 0 Å². The fourth-order valence-electron chi connectivity index (χ4n) is 2.48. The van der Waals surface area contributed by atoms with Gasteiger partial charge in [0.2, 0.25) is 5.91 Å². The lowest BCUT2D eigenvalue weighted by atomic mass is 10.1. The number of hydrogen-bond acceptors (Lipinski definition) is 2. The molecule has 1 unspecified atom stereocenters. The molecule has 1 heterocycles. The number of carbonyl (C=O) groups is 1. The number of unbranched alkanes of at least 4 members (excludes halogenated alkanes) is 3. The van der Waals surface area contributed by atoms with Gasteiger partial charge in [-0.25, -0.2) is 8.78 Å². The molecule has 1 amide bonds. The molecule has 0 aliphatic carbocycles. The highest BCUT2D eigenvalue weighted by Crippen LogP contribution is 2.24. The summed E-state index contributed by atoms with van der Waals surface area (Å²) >= 11 is 0. The van der Waals surface area contributed by atoms with E-state index in [2.05, 4.69) is 12.2 Å². The summed E-state index contributed by atoms with van der Waals surface area (Å²) in [6.45, 7) is 3.03. The molecular weight excluding hydrogens is 262 g/mol. The molecule has 0 bridgehead atoms. The first-order chi connectivity index (χ1) is 9.63. The highest BCUT2D eigenvalue weighted by molar-refractivity contribution is 5.80. The maximum atomic E-state index is 13.3. The quantitative estimate of drug-likeness (QED) is 0.814. The van der Waals surface area contributed by atoms with E-state index in [1.807, 2.05) is 0 Å². The molecule has 0 aromatic heterocycles. The van der Waals surface area contributed by atoms with Crippen LogP contribution in [0.4, 0.5) is 8.78 Å². The third-order valence-electron chi connectivity index (χ3n) is 3.59. The number of hydrogen-bond donors (Lipinski definition) is 1. The zero-order chi connectivity index (χ0) is 14.5. The predicted molar refractivity (Wildman–Crippen MR) is 73.0 cm³/mol. The largest absolute Gasteiger partial charge is 0.322 e.